The van der Waals surface area contributed by atoms with Crippen LogP contribution in [0.25, 0.3) is 16.6 Å². The van der Waals surface area contributed by atoms with Crippen molar-refractivity contribution < 1.29 is 33.2 Å². The van der Waals surface area contributed by atoms with Crippen molar-refractivity contribution in [1.82, 2.24) is 19.6 Å². The van der Waals surface area contributed by atoms with E-state index in [0.717, 1.165) is 5.56 Å². The molecular formula is C21H21F2N5O5. The Morgan fingerprint density at radius 3 is 2.55 bits per heavy atom. The minimum atomic E-state index is -3.12. The Hall–Kier alpha value is -3.93. The Morgan fingerprint density at radius 1 is 1.09 bits per heavy atom. The second-order valence-electron chi connectivity index (χ2n) is 7.04. The van der Waals surface area contributed by atoms with Gasteiger partial charge in [-0.3, -0.25) is 0 Å². The number of aromatic hydroxyl groups is 1. The number of methoxy groups -OCH3 is 2. The molecule has 0 bridgehead atoms. The van der Waals surface area contributed by atoms with Crippen LogP contribution in [0.3, 0.4) is 0 Å². The van der Waals surface area contributed by atoms with E-state index in [2.05, 4.69) is 25.1 Å². The number of benzene rings is 2. The molecule has 1 unspecified atom stereocenters. The number of aromatic nitrogens is 4. The third kappa shape index (κ3) is 4.24. The summed E-state index contributed by atoms with van der Waals surface area (Å²) >= 11 is 0. The zero-order valence-electron chi connectivity index (χ0n) is 17.9. The van der Waals surface area contributed by atoms with Gasteiger partial charge in [-0.1, -0.05) is 0 Å². The summed E-state index contributed by atoms with van der Waals surface area (Å²) in [5, 5.41) is 28.2. The zero-order chi connectivity index (χ0) is 23.7. The molecule has 1 atom stereocenters. The number of nitrogens with one attached hydrogen (secondary N) is 1. The Balaban J connectivity index is 1.82. The van der Waals surface area contributed by atoms with E-state index >= 15 is 0 Å². The van der Waals surface area contributed by atoms with Gasteiger partial charge in [-0.25, -0.2) is 9.97 Å². The lowest BCUT2D eigenvalue weighted by molar-refractivity contribution is -0.0511. The van der Waals surface area contributed by atoms with E-state index < -0.39 is 24.2 Å². The van der Waals surface area contributed by atoms with Crippen molar-refractivity contribution in [1.29, 1.82) is 0 Å². The Bertz CT molecular complexity index is 1310. The van der Waals surface area contributed by atoms with Crippen molar-refractivity contribution in [3.05, 3.63) is 41.7 Å². The number of aliphatic hydroxyl groups is 1. The fraction of sp³-hybridized carbons (Fsp3) is 0.286. The molecule has 0 amide bonds. The van der Waals surface area contributed by atoms with Crippen molar-refractivity contribution in [2.24, 2.45) is 0 Å². The van der Waals surface area contributed by atoms with E-state index in [-0.39, 0.29) is 29.5 Å². The first-order valence-electron chi connectivity index (χ1n) is 9.82. The Labute approximate surface area is 186 Å². The Morgan fingerprint density at radius 2 is 1.88 bits per heavy atom. The quantitative estimate of drug-likeness (QED) is 0.363. The molecule has 0 saturated carbocycles. The average molecular weight is 461 g/mol. The number of fused-ring (bicyclic) bond motifs is 3. The van der Waals surface area contributed by atoms with Gasteiger partial charge in [0.1, 0.15) is 23.1 Å². The predicted molar refractivity (Wildman–Crippen MR) is 114 cm³/mol. The molecule has 2 aromatic heterocycles. The summed E-state index contributed by atoms with van der Waals surface area (Å²) in [6, 6.07) is 7.92. The summed E-state index contributed by atoms with van der Waals surface area (Å²) in [5.41, 5.74) is 1.01. The molecule has 0 saturated heterocycles. The molecular weight excluding hydrogens is 440 g/mol. The van der Waals surface area contributed by atoms with Crippen molar-refractivity contribution in [3.63, 3.8) is 0 Å². The summed E-state index contributed by atoms with van der Waals surface area (Å²) in [6.07, 6.45) is -0.968. The monoisotopic (exact) mass is 461 g/mol. The molecule has 10 nitrogen and oxygen atoms in total. The Kier molecular flexibility index (Phi) is 6.01. The number of hydrogen-bond acceptors (Lipinski definition) is 9. The molecule has 0 radical (unpaired) electrons. The van der Waals surface area contributed by atoms with Gasteiger partial charge in [-0.05, 0) is 31.2 Å². The molecule has 3 N–H and O–H groups in total. The van der Waals surface area contributed by atoms with Crippen LogP contribution in [-0.2, 0) is 6.54 Å². The molecule has 0 spiro atoms. The maximum absolute atomic E-state index is 12.7. The van der Waals surface area contributed by atoms with Crippen LogP contribution in [0, 0.1) is 0 Å². The van der Waals surface area contributed by atoms with E-state index in [1.54, 1.807) is 25.3 Å². The van der Waals surface area contributed by atoms with Gasteiger partial charge < -0.3 is 29.7 Å². The number of nitrogens with zero attached hydrogens (tertiary/aromatic N) is 4. The maximum Gasteiger partial charge on any atom is 0.387 e. The van der Waals surface area contributed by atoms with Crippen molar-refractivity contribution >= 4 is 22.5 Å². The van der Waals surface area contributed by atoms with Gasteiger partial charge in [0, 0.05) is 23.6 Å². The van der Waals surface area contributed by atoms with E-state index in [1.807, 2.05) is 0 Å². The van der Waals surface area contributed by atoms with Gasteiger partial charge in [0.05, 0.1) is 14.2 Å². The van der Waals surface area contributed by atoms with Gasteiger partial charge in [-0.2, -0.15) is 13.3 Å². The second-order valence-corrected chi connectivity index (χ2v) is 7.04. The van der Waals surface area contributed by atoms with Gasteiger partial charge in [0.15, 0.2) is 23.0 Å². The van der Waals surface area contributed by atoms with Gasteiger partial charge >= 0.3 is 6.61 Å². The third-order valence-corrected chi connectivity index (χ3v) is 4.92. The van der Waals surface area contributed by atoms with Crippen LogP contribution in [0.2, 0.25) is 0 Å². The normalized spacial score (nSPS) is 12.3. The fourth-order valence-electron chi connectivity index (χ4n) is 3.31. The van der Waals surface area contributed by atoms with E-state index in [4.69, 9.17) is 9.47 Å². The molecule has 12 heteroatoms. The number of ether oxygens (including phenoxy) is 3. The molecule has 0 aliphatic rings. The predicted octanol–water partition coefficient (Wildman–Crippen LogP) is 3.27. The highest BCUT2D eigenvalue weighted by molar-refractivity contribution is 5.97. The highest BCUT2D eigenvalue weighted by Crippen LogP contribution is 2.37. The van der Waals surface area contributed by atoms with Crippen LogP contribution >= 0.6 is 0 Å². The first kappa shape index (κ1) is 22.3. The van der Waals surface area contributed by atoms with Gasteiger partial charge in [0.2, 0.25) is 5.95 Å². The summed E-state index contributed by atoms with van der Waals surface area (Å²) in [7, 11) is 3.07. The maximum atomic E-state index is 12.7. The topological polar surface area (TPSA) is 123 Å². The van der Waals surface area contributed by atoms with Gasteiger partial charge in [-0.15, -0.1) is 5.10 Å². The number of rotatable bonds is 8. The van der Waals surface area contributed by atoms with Crippen molar-refractivity contribution in [2.45, 2.75) is 26.2 Å². The van der Waals surface area contributed by atoms with Crippen molar-refractivity contribution in [3.8, 4) is 23.0 Å². The fourth-order valence-corrected chi connectivity index (χ4v) is 3.31. The lowest BCUT2D eigenvalue weighted by Gasteiger charge is -2.14. The number of halogens is 2. The van der Waals surface area contributed by atoms with E-state index in [1.165, 1.54) is 30.7 Å². The molecule has 0 aliphatic carbocycles. The largest absolute Gasteiger partial charge is 0.503 e. The smallest absolute Gasteiger partial charge is 0.387 e. The molecule has 33 heavy (non-hydrogen) atoms. The molecule has 0 aliphatic heterocycles. The summed E-state index contributed by atoms with van der Waals surface area (Å²) in [4.78, 5) is 8.70. The molecule has 4 rings (SSSR count). The molecule has 0 fully saturated rings. The summed E-state index contributed by atoms with van der Waals surface area (Å²) in [5.74, 6) is 0.476. The first-order valence-corrected chi connectivity index (χ1v) is 9.82. The summed E-state index contributed by atoms with van der Waals surface area (Å²) in [6.45, 7) is -1.38. The van der Waals surface area contributed by atoms with E-state index in [0.29, 0.717) is 16.9 Å². The van der Waals surface area contributed by atoms with Crippen LogP contribution in [-0.4, -0.2) is 50.6 Å². The number of alkyl halides is 2. The first-order chi connectivity index (χ1) is 15.8. The van der Waals surface area contributed by atoms with Crippen LogP contribution in [0.1, 0.15) is 24.4 Å². The lowest BCUT2D eigenvalue weighted by Crippen LogP contribution is -2.09. The van der Waals surface area contributed by atoms with Gasteiger partial charge in [0.25, 0.3) is 0 Å². The number of aliphatic hydroxyl groups excluding tert-OH is 1. The molecule has 174 valence electrons. The summed E-state index contributed by atoms with van der Waals surface area (Å²) < 4.78 is 41.8. The number of anilines is 1. The van der Waals surface area contributed by atoms with Crippen LogP contribution < -0.4 is 19.5 Å². The number of phenols is 1. The van der Waals surface area contributed by atoms with Crippen molar-refractivity contribution in [2.75, 3.05) is 19.5 Å². The standard InChI is InChI=1S/C21H21F2N5O5/c1-10(29)18-26-19-13-6-7-14(33-20(22)23)17(30)16(13)25-21(28(19)27-18)24-9-11-4-5-12(31-2)8-15(11)32-3/h4-8,10,20,29-30H,9H2,1-3H3,(H,24,25). The molecule has 2 heterocycles. The lowest BCUT2D eigenvalue weighted by atomic mass is 10.2. The highest BCUT2D eigenvalue weighted by atomic mass is 19.3. The van der Waals surface area contributed by atoms with E-state index in [9.17, 15) is 19.0 Å². The van der Waals surface area contributed by atoms with Crippen LogP contribution in [0.5, 0.6) is 23.0 Å². The third-order valence-electron chi connectivity index (χ3n) is 4.92. The van der Waals surface area contributed by atoms with Crippen LogP contribution in [0.4, 0.5) is 14.7 Å². The number of phenolic OH excluding ortho intramolecular Hbond substituents is 1. The molecule has 4 aromatic rings. The van der Waals surface area contributed by atoms with Crippen LogP contribution in [0.15, 0.2) is 30.3 Å². The highest BCUT2D eigenvalue weighted by Gasteiger charge is 2.21. The molecule has 2 aromatic carbocycles. The zero-order valence-corrected chi connectivity index (χ0v) is 17.9. The minimum Gasteiger partial charge on any atom is -0.503 e. The second kappa shape index (κ2) is 8.90. The minimum absolute atomic E-state index is 0.0191. The average Bonchev–Trinajstić information content (AvgIpc) is 3.25. The SMILES string of the molecule is COc1ccc(CNc2nc3c(O)c(OC(F)F)ccc3c3nc(C(C)O)nn23)c(OC)c1. The number of hydrogen-bond donors (Lipinski definition) is 3.